The van der Waals surface area contributed by atoms with Crippen LogP contribution in [-0.4, -0.2) is 68.2 Å². The van der Waals surface area contributed by atoms with E-state index in [9.17, 15) is 24.6 Å². The normalized spacial score (nSPS) is 22.6. The highest BCUT2D eigenvalue weighted by Crippen LogP contribution is 2.23. The Morgan fingerprint density at radius 1 is 1.41 bits per heavy atom. The van der Waals surface area contributed by atoms with Crippen LogP contribution < -0.4 is 21.7 Å². The molecule has 27 heavy (non-hydrogen) atoms. The van der Waals surface area contributed by atoms with Gasteiger partial charge in [0.1, 0.15) is 6.04 Å². The second-order valence-electron chi connectivity index (χ2n) is 6.24. The van der Waals surface area contributed by atoms with Crippen LogP contribution in [0.4, 0.5) is 4.79 Å². The summed E-state index contributed by atoms with van der Waals surface area (Å²) in [5.74, 6) is -2.06. The summed E-state index contributed by atoms with van der Waals surface area (Å²) in [7, 11) is 0. The number of hydrogen-bond acceptors (Lipinski definition) is 9. The Morgan fingerprint density at radius 3 is 2.63 bits per heavy atom. The summed E-state index contributed by atoms with van der Waals surface area (Å²) in [6.45, 7) is 1.57. The molecule has 2 rings (SSSR count). The molecule has 1 aliphatic heterocycles. The molecule has 0 aromatic carbocycles. The maximum absolute atomic E-state index is 12.0. The second kappa shape index (κ2) is 8.75. The van der Waals surface area contributed by atoms with Crippen molar-refractivity contribution in [3.8, 4) is 0 Å². The topological polar surface area (TPSA) is 213 Å². The van der Waals surface area contributed by atoms with Gasteiger partial charge in [-0.15, -0.1) is 0 Å². The van der Waals surface area contributed by atoms with E-state index in [0.29, 0.717) is 13.0 Å². The van der Waals surface area contributed by atoms with Crippen LogP contribution in [0.2, 0.25) is 0 Å². The average Bonchev–Trinajstić information content (AvgIpc) is 3.19. The van der Waals surface area contributed by atoms with Gasteiger partial charge in [0.05, 0.1) is 24.7 Å². The number of β-amino-alcohol motifs (C(OH)–C–C–N with tert-alkyl or cyclic N) is 1. The number of aliphatic hydroxyl groups is 2. The van der Waals surface area contributed by atoms with Crippen molar-refractivity contribution in [2.45, 2.75) is 50.1 Å². The third kappa shape index (κ3) is 5.60. The van der Waals surface area contributed by atoms with E-state index in [0.717, 1.165) is 0 Å². The molecule has 13 heteroatoms. The molecule has 2 heterocycles. The van der Waals surface area contributed by atoms with E-state index in [2.05, 4.69) is 26.1 Å². The predicted molar refractivity (Wildman–Crippen MR) is 87.0 cm³/mol. The first-order valence-corrected chi connectivity index (χ1v) is 8.18. The molecule has 1 aromatic rings. The van der Waals surface area contributed by atoms with Gasteiger partial charge in [-0.05, 0) is 13.3 Å². The van der Waals surface area contributed by atoms with Gasteiger partial charge in [0.25, 0.3) is 0 Å². The van der Waals surface area contributed by atoms with Crippen molar-refractivity contribution in [2.24, 2.45) is 5.73 Å². The number of amides is 3. The summed E-state index contributed by atoms with van der Waals surface area (Å²) >= 11 is 0. The zero-order valence-corrected chi connectivity index (χ0v) is 14.5. The van der Waals surface area contributed by atoms with Gasteiger partial charge in [-0.2, -0.15) is 4.98 Å². The van der Waals surface area contributed by atoms with Crippen molar-refractivity contribution in [3.05, 3.63) is 11.7 Å². The van der Waals surface area contributed by atoms with Gasteiger partial charge in [-0.3, -0.25) is 4.79 Å². The van der Waals surface area contributed by atoms with Crippen molar-refractivity contribution in [1.82, 2.24) is 26.1 Å². The van der Waals surface area contributed by atoms with Gasteiger partial charge in [-0.1, -0.05) is 5.16 Å². The molecular formula is C14H22N6O7. The Labute approximate surface area is 153 Å². The Balaban J connectivity index is 2.09. The number of aliphatic carboxylic acids is 1. The number of nitrogens with one attached hydrogen (secondary N) is 3. The number of hydrogen-bond donors (Lipinski definition) is 7. The van der Waals surface area contributed by atoms with Gasteiger partial charge in [0.2, 0.25) is 11.8 Å². The fourth-order valence-corrected chi connectivity index (χ4v) is 2.58. The number of carboxylic acids is 1. The summed E-state index contributed by atoms with van der Waals surface area (Å²) in [4.78, 5) is 38.5. The minimum Gasteiger partial charge on any atom is -0.480 e. The lowest BCUT2D eigenvalue weighted by Gasteiger charge is -2.19. The molecule has 3 amide bonds. The molecule has 1 unspecified atom stereocenters. The summed E-state index contributed by atoms with van der Waals surface area (Å²) in [5.41, 5.74) is 5.17. The molecule has 1 aliphatic rings. The first-order valence-electron chi connectivity index (χ1n) is 8.18. The first kappa shape index (κ1) is 20.5. The number of aromatic nitrogens is 2. The standard InChI is InChI=1S/C14H22N6O7/c1-5(21)10(13(24)25)18-14(26)17-8(3-9(15)23)12-19-11(20-27-12)7-2-6(22)4-16-7/h5-8,10,16,21-22H,2-4H2,1H3,(H2,15,23)(H,24,25)(H2,17,18,26)/t5-,6-,7+,8?,10+/m1/s1. The molecule has 1 saturated heterocycles. The van der Waals surface area contributed by atoms with Crippen molar-refractivity contribution in [3.63, 3.8) is 0 Å². The largest absolute Gasteiger partial charge is 0.480 e. The monoisotopic (exact) mass is 386 g/mol. The number of aliphatic hydroxyl groups excluding tert-OH is 2. The quantitative estimate of drug-likeness (QED) is 0.250. The van der Waals surface area contributed by atoms with Gasteiger partial charge < -0.3 is 41.5 Å². The van der Waals surface area contributed by atoms with Crippen LogP contribution in [0.5, 0.6) is 0 Å². The molecular weight excluding hydrogens is 364 g/mol. The summed E-state index contributed by atoms with van der Waals surface area (Å²) in [5, 5.41) is 39.1. The fraction of sp³-hybridized carbons (Fsp3) is 0.643. The number of carboxylic acid groups (broad SMARTS) is 1. The smallest absolute Gasteiger partial charge is 0.328 e. The number of carbonyl (C=O) groups is 3. The van der Waals surface area contributed by atoms with E-state index < -0.39 is 42.2 Å². The van der Waals surface area contributed by atoms with E-state index in [1.807, 2.05) is 0 Å². The molecule has 1 fully saturated rings. The van der Waals surface area contributed by atoms with Gasteiger partial charge in [0.15, 0.2) is 11.9 Å². The van der Waals surface area contributed by atoms with Crippen molar-refractivity contribution >= 4 is 17.9 Å². The Kier molecular flexibility index (Phi) is 6.65. The summed E-state index contributed by atoms with van der Waals surface area (Å²) in [6.07, 6.45) is -1.89. The fourth-order valence-electron chi connectivity index (χ4n) is 2.58. The number of nitrogens with zero attached hydrogens (tertiary/aromatic N) is 2. The van der Waals surface area contributed by atoms with E-state index in [4.69, 9.17) is 15.4 Å². The Bertz CT molecular complexity index is 693. The molecule has 13 nitrogen and oxygen atoms in total. The number of urea groups is 1. The van der Waals surface area contributed by atoms with Crippen LogP contribution in [-0.2, 0) is 9.59 Å². The zero-order valence-electron chi connectivity index (χ0n) is 14.5. The third-order valence-corrected chi connectivity index (χ3v) is 3.92. The molecule has 8 N–H and O–H groups in total. The van der Waals surface area contributed by atoms with Crippen LogP contribution in [0.1, 0.15) is 43.6 Å². The van der Waals surface area contributed by atoms with Crippen LogP contribution in [0.3, 0.4) is 0 Å². The second-order valence-corrected chi connectivity index (χ2v) is 6.24. The number of nitrogens with two attached hydrogens (primary N) is 1. The van der Waals surface area contributed by atoms with Crippen LogP contribution in [0.25, 0.3) is 0 Å². The lowest BCUT2D eigenvalue weighted by Crippen LogP contribution is -2.52. The average molecular weight is 386 g/mol. The maximum Gasteiger partial charge on any atom is 0.328 e. The SMILES string of the molecule is C[C@@H](O)[C@H](NC(=O)NC(CC(N)=O)c1nc([C@@H]2C[C@@H](O)CN2)no1)C(=O)O. The number of rotatable bonds is 8. The van der Waals surface area contributed by atoms with Crippen molar-refractivity contribution in [1.29, 1.82) is 0 Å². The third-order valence-electron chi connectivity index (χ3n) is 3.92. The summed E-state index contributed by atoms with van der Waals surface area (Å²) in [6, 6.07) is -3.96. The molecule has 0 radical (unpaired) electrons. The van der Waals surface area contributed by atoms with Gasteiger partial charge >= 0.3 is 12.0 Å². The lowest BCUT2D eigenvalue weighted by atomic mass is 10.1. The number of primary amides is 1. The molecule has 0 aliphatic carbocycles. The maximum atomic E-state index is 12.0. The van der Waals surface area contributed by atoms with E-state index >= 15 is 0 Å². The van der Waals surface area contributed by atoms with E-state index in [-0.39, 0.29) is 24.2 Å². The van der Waals surface area contributed by atoms with E-state index in [1.165, 1.54) is 6.92 Å². The molecule has 0 bridgehead atoms. The van der Waals surface area contributed by atoms with Crippen LogP contribution in [0, 0.1) is 0 Å². The molecule has 0 spiro atoms. The highest BCUT2D eigenvalue weighted by molar-refractivity contribution is 5.83. The minimum atomic E-state index is -1.55. The number of carbonyl (C=O) groups excluding carboxylic acids is 2. The lowest BCUT2D eigenvalue weighted by molar-refractivity contribution is -0.141. The van der Waals surface area contributed by atoms with Gasteiger partial charge in [0, 0.05) is 6.54 Å². The zero-order chi connectivity index (χ0) is 20.1. The van der Waals surface area contributed by atoms with Crippen LogP contribution in [0.15, 0.2) is 4.52 Å². The highest BCUT2D eigenvalue weighted by Gasteiger charge is 2.31. The highest BCUT2D eigenvalue weighted by atomic mass is 16.5. The van der Waals surface area contributed by atoms with Crippen LogP contribution >= 0.6 is 0 Å². The van der Waals surface area contributed by atoms with Crippen molar-refractivity contribution < 1.29 is 34.2 Å². The molecule has 0 saturated carbocycles. The molecule has 5 atom stereocenters. The van der Waals surface area contributed by atoms with E-state index in [1.54, 1.807) is 0 Å². The molecule has 1 aromatic heterocycles. The first-order chi connectivity index (χ1) is 12.7. The minimum absolute atomic E-state index is 0.105. The van der Waals surface area contributed by atoms with Crippen molar-refractivity contribution in [2.75, 3.05) is 6.54 Å². The predicted octanol–water partition coefficient (Wildman–Crippen LogP) is -2.49. The Hall–Kier alpha value is -2.77. The summed E-state index contributed by atoms with van der Waals surface area (Å²) < 4.78 is 5.08. The van der Waals surface area contributed by atoms with Gasteiger partial charge in [-0.25, -0.2) is 9.59 Å². The Morgan fingerprint density at radius 2 is 2.11 bits per heavy atom. The molecule has 150 valence electrons.